The Morgan fingerprint density at radius 3 is 2.57 bits per heavy atom. The van der Waals surface area contributed by atoms with Gasteiger partial charge in [-0.25, -0.2) is 5.43 Å². The standard InChI is InChI=1S/C20H21N7O/c1-2-4-17(5-3-1)23-18-14-19(27-10-12-28-13-11-27)25-20(24-18)26-22-15-16-6-8-21-9-7-16/h1-9,14-15H,10-13H2,(H2,23,24,25,26)/b22-15+. The van der Waals surface area contributed by atoms with Gasteiger partial charge in [-0.1, -0.05) is 18.2 Å². The van der Waals surface area contributed by atoms with Crippen molar-refractivity contribution in [1.82, 2.24) is 15.0 Å². The Balaban J connectivity index is 1.56. The molecule has 3 heterocycles. The number of benzene rings is 1. The van der Waals surface area contributed by atoms with Gasteiger partial charge in [-0.3, -0.25) is 4.98 Å². The summed E-state index contributed by atoms with van der Waals surface area (Å²) in [4.78, 5) is 15.3. The van der Waals surface area contributed by atoms with Crippen molar-refractivity contribution < 1.29 is 4.74 Å². The van der Waals surface area contributed by atoms with Crippen LogP contribution in [0.5, 0.6) is 0 Å². The van der Waals surface area contributed by atoms with Gasteiger partial charge in [0.2, 0.25) is 5.95 Å². The van der Waals surface area contributed by atoms with Gasteiger partial charge in [0, 0.05) is 37.2 Å². The molecule has 0 unspecified atom stereocenters. The monoisotopic (exact) mass is 375 g/mol. The second kappa shape index (κ2) is 8.92. The van der Waals surface area contributed by atoms with E-state index in [1.807, 2.05) is 48.5 Å². The molecule has 3 aromatic rings. The Morgan fingerprint density at radius 1 is 1.00 bits per heavy atom. The third kappa shape index (κ3) is 4.80. The summed E-state index contributed by atoms with van der Waals surface area (Å²) < 4.78 is 5.45. The highest BCUT2D eigenvalue weighted by molar-refractivity contribution is 5.79. The van der Waals surface area contributed by atoms with Crippen LogP contribution >= 0.6 is 0 Å². The molecule has 8 nitrogen and oxygen atoms in total. The van der Waals surface area contributed by atoms with Crippen LogP contribution in [0.1, 0.15) is 5.56 Å². The Hall–Kier alpha value is -3.52. The highest BCUT2D eigenvalue weighted by Crippen LogP contribution is 2.22. The fourth-order valence-electron chi connectivity index (χ4n) is 2.79. The second-order valence-corrected chi connectivity index (χ2v) is 6.18. The zero-order valence-corrected chi connectivity index (χ0v) is 15.3. The first-order chi connectivity index (χ1) is 13.9. The number of ether oxygens (including phenoxy) is 1. The van der Waals surface area contributed by atoms with E-state index in [4.69, 9.17) is 4.74 Å². The van der Waals surface area contributed by atoms with E-state index in [-0.39, 0.29) is 0 Å². The van der Waals surface area contributed by atoms with Crippen molar-refractivity contribution in [2.24, 2.45) is 5.10 Å². The summed E-state index contributed by atoms with van der Waals surface area (Å²) in [6.45, 7) is 2.96. The molecule has 0 aliphatic carbocycles. The molecule has 0 amide bonds. The molecule has 2 N–H and O–H groups in total. The third-order valence-electron chi connectivity index (χ3n) is 4.18. The van der Waals surface area contributed by atoms with Gasteiger partial charge >= 0.3 is 0 Å². The van der Waals surface area contributed by atoms with Gasteiger partial charge in [-0.15, -0.1) is 0 Å². The summed E-state index contributed by atoms with van der Waals surface area (Å²) in [6, 6.07) is 15.6. The van der Waals surface area contributed by atoms with Crippen molar-refractivity contribution in [3.8, 4) is 0 Å². The topological polar surface area (TPSA) is 87.6 Å². The molecule has 1 aromatic carbocycles. The van der Waals surface area contributed by atoms with E-state index in [2.05, 4.69) is 35.7 Å². The number of nitrogens with zero attached hydrogens (tertiary/aromatic N) is 5. The number of pyridine rings is 1. The summed E-state index contributed by atoms with van der Waals surface area (Å²) in [5.74, 6) is 1.95. The first-order valence-electron chi connectivity index (χ1n) is 9.10. The van der Waals surface area contributed by atoms with Gasteiger partial charge in [0.15, 0.2) is 0 Å². The maximum atomic E-state index is 5.45. The molecule has 1 aliphatic rings. The van der Waals surface area contributed by atoms with Crippen LogP contribution in [0.25, 0.3) is 0 Å². The highest BCUT2D eigenvalue weighted by Gasteiger charge is 2.15. The molecule has 28 heavy (non-hydrogen) atoms. The minimum atomic E-state index is 0.424. The van der Waals surface area contributed by atoms with Crippen molar-refractivity contribution in [1.29, 1.82) is 0 Å². The highest BCUT2D eigenvalue weighted by atomic mass is 16.5. The number of aromatic nitrogens is 3. The van der Waals surface area contributed by atoms with Gasteiger partial charge < -0.3 is 15.0 Å². The Bertz CT molecular complexity index is 912. The number of morpholine rings is 1. The third-order valence-corrected chi connectivity index (χ3v) is 4.18. The number of rotatable bonds is 6. The lowest BCUT2D eigenvalue weighted by Gasteiger charge is -2.28. The van der Waals surface area contributed by atoms with E-state index in [9.17, 15) is 0 Å². The lowest BCUT2D eigenvalue weighted by Crippen LogP contribution is -2.36. The molecule has 1 aliphatic heterocycles. The van der Waals surface area contributed by atoms with E-state index in [0.29, 0.717) is 25.0 Å². The molecular weight excluding hydrogens is 354 g/mol. The average molecular weight is 375 g/mol. The van der Waals surface area contributed by atoms with E-state index in [0.717, 1.165) is 30.2 Å². The van der Waals surface area contributed by atoms with Crippen LogP contribution in [0.2, 0.25) is 0 Å². The predicted octanol–water partition coefficient (Wildman–Crippen LogP) is 2.90. The molecule has 0 saturated carbocycles. The first-order valence-corrected chi connectivity index (χ1v) is 9.10. The van der Waals surface area contributed by atoms with Crippen molar-refractivity contribution in [3.63, 3.8) is 0 Å². The maximum absolute atomic E-state index is 5.45. The van der Waals surface area contributed by atoms with E-state index in [1.165, 1.54) is 0 Å². The van der Waals surface area contributed by atoms with Crippen LogP contribution in [0.4, 0.5) is 23.3 Å². The fraction of sp³-hybridized carbons (Fsp3) is 0.200. The molecule has 1 saturated heterocycles. The molecule has 1 fully saturated rings. The average Bonchev–Trinajstić information content (AvgIpc) is 2.76. The SMILES string of the molecule is C(=N\Nc1nc(Nc2ccccc2)cc(N2CCOCC2)n1)/c1ccncc1. The number of para-hydroxylation sites is 1. The van der Waals surface area contributed by atoms with Gasteiger partial charge in [-0.05, 0) is 29.8 Å². The molecule has 4 rings (SSSR count). The predicted molar refractivity (Wildman–Crippen MR) is 110 cm³/mol. The number of hydrogen-bond acceptors (Lipinski definition) is 8. The Morgan fingerprint density at radius 2 is 1.79 bits per heavy atom. The summed E-state index contributed by atoms with van der Waals surface area (Å²) in [6.07, 6.45) is 5.15. The van der Waals surface area contributed by atoms with Crippen molar-refractivity contribution in [2.75, 3.05) is 41.9 Å². The smallest absolute Gasteiger partial charge is 0.247 e. The van der Waals surface area contributed by atoms with Crippen LogP contribution in [0.15, 0.2) is 66.0 Å². The lowest BCUT2D eigenvalue weighted by atomic mass is 10.3. The Kier molecular flexibility index (Phi) is 5.69. The fourth-order valence-corrected chi connectivity index (χ4v) is 2.79. The minimum absolute atomic E-state index is 0.424. The second-order valence-electron chi connectivity index (χ2n) is 6.18. The van der Waals surface area contributed by atoms with Gasteiger partial charge in [0.1, 0.15) is 11.6 Å². The van der Waals surface area contributed by atoms with Crippen LogP contribution in [0.3, 0.4) is 0 Å². The molecule has 142 valence electrons. The lowest BCUT2D eigenvalue weighted by molar-refractivity contribution is 0.122. The molecule has 0 bridgehead atoms. The van der Waals surface area contributed by atoms with Gasteiger partial charge in [-0.2, -0.15) is 15.1 Å². The zero-order valence-electron chi connectivity index (χ0n) is 15.3. The van der Waals surface area contributed by atoms with Crippen LogP contribution in [0, 0.1) is 0 Å². The molecular formula is C20H21N7O. The number of anilines is 4. The molecule has 0 atom stereocenters. The van der Waals surface area contributed by atoms with Crippen molar-refractivity contribution in [2.45, 2.75) is 0 Å². The quantitative estimate of drug-likeness (QED) is 0.506. The Labute approximate surface area is 163 Å². The van der Waals surface area contributed by atoms with Gasteiger partial charge in [0.25, 0.3) is 0 Å². The van der Waals surface area contributed by atoms with Gasteiger partial charge in [0.05, 0.1) is 19.4 Å². The maximum Gasteiger partial charge on any atom is 0.247 e. The number of hydrogen-bond donors (Lipinski definition) is 2. The van der Waals surface area contributed by atoms with Crippen LogP contribution in [-0.4, -0.2) is 47.5 Å². The zero-order chi connectivity index (χ0) is 19.0. The number of hydrazone groups is 1. The van der Waals surface area contributed by atoms with Crippen LogP contribution < -0.4 is 15.6 Å². The van der Waals surface area contributed by atoms with E-state index >= 15 is 0 Å². The summed E-state index contributed by atoms with van der Waals surface area (Å²) in [5.41, 5.74) is 4.83. The normalized spacial score (nSPS) is 14.2. The summed E-state index contributed by atoms with van der Waals surface area (Å²) >= 11 is 0. The van der Waals surface area contributed by atoms with Crippen molar-refractivity contribution >= 4 is 29.5 Å². The number of nitrogens with one attached hydrogen (secondary N) is 2. The van der Waals surface area contributed by atoms with E-state index < -0.39 is 0 Å². The molecule has 2 aromatic heterocycles. The molecule has 8 heteroatoms. The molecule has 0 spiro atoms. The first kappa shape index (κ1) is 17.9. The van der Waals surface area contributed by atoms with E-state index in [1.54, 1.807) is 18.6 Å². The summed E-state index contributed by atoms with van der Waals surface area (Å²) in [5, 5.41) is 7.57. The van der Waals surface area contributed by atoms with Crippen molar-refractivity contribution in [3.05, 3.63) is 66.5 Å². The largest absolute Gasteiger partial charge is 0.378 e. The minimum Gasteiger partial charge on any atom is -0.378 e. The molecule has 0 radical (unpaired) electrons. The van der Waals surface area contributed by atoms with Crippen LogP contribution in [-0.2, 0) is 4.74 Å². The summed E-state index contributed by atoms with van der Waals surface area (Å²) in [7, 11) is 0.